The number of thiocarbonyl (C=S) groups is 1. The topological polar surface area (TPSA) is 23.6 Å². The molecule has 1 amide bonds. The van der Waals surface area contributed by atoms with Crippen molar-refractivity contribution in [2.75, 3.05) is 18.5 Å². The first-order chi connectivity index (χ1) is 11.7. The van der Waals surface area contributed by atoms with Crippen molar-refractivity contribution in [3.63, 3.8) is 0 Å². The molecular formula is C20H24N2OS2. The van der Waals surface area contributed by atoms with E-state index in [9.17, 15) is 4.79 Å². The number of hydrogen-bond donors (Lipinski definition) is 0. The Kier molecular flexibility index (Phi) is 4.82. The molecule has 2 aliphatic heterocycles. The summed E-state index contributed by atoms with van der Waals surface area (Å²) in [7, 11) is 2.16. The molecule has 1 aromatic rings. The maximum absolute atomic E-state index is 12.5. The van der Waals surface area contributed by atoms with Gasteiger partial charge in [0.25, 0.3) is 5.91 Å². The molecule has 0 aromatic heterocycles. The number of rotatable bonds is 3. The fraction of sp³-hybridized carbons (Fsp3) is 0.400. The van der Waals surface area contributed by atoms with E-state index in [4.69, 9.17) is 12.2 Å². The van der Waals surface area contributed by atoms with E-state index in [0.717, 1.165) is 12.0 Å². The lowest BCUT2D eigenvalue weighted by Gasteiger charge is -2.45. The maximum atomic E-state index is 12.5. The Morgan fingerprint density at radius 3 is 2.84 bits per heavy atom. The second-order valence-corrected chi connectivity index (χ2v) is 9.05. The first-order valence-electron chi connectivity index (χ1n) is 8.48. The molecule has 3 nitrogen and oxygen atoms in total. The summed E-state index contributed by atoms with van der Waals surface area (Å²) < 4.78 is 0.601. The minimum Gasteiger partial charge on any atom is -0.369 e. The van der Waals surface area contributed by atoms with Gasteiger partial charge >= 0.3 is 0 Å². The number of fused-ring (bicyclic) bond motifs is 1. The summed E-state index contributed by atoms with van der Waals surface area (Å²) in [5.74, 6) is 0.462. The van der Waals surface area contributed by atoms with Crippen LogP contribution in [-0.4, -0.2) is 34.3 Å². The summed E-state index contributed by atoms with van der Waals surface area (Å²) in [4.78, 5) is 17.1. The molecule has 0 bridgehead atoms. The zero-order valence-corrected chi connectivity index (χ0v) is 16.8. The third-order valence-electron chi connectivity index (χ3n) is 5.14. The molecule has 3 rings (SSSR count). The fourth-order valence-corrected chi connectivity index (χ4v) is 4.90. The van der Waals surface area contributed by atoms with Crippen molar-refractivity contribution in [1.29, 1.82) is 0 Å². The molecule has 25 heavy (non-hydrogen) atoms. The zero-order chi connectivity index (χ0) is 18.4. The van der Waals surface area contributed by atoms with Crippen LogP contribution in [0.4, 0.5) is 5.69 Å². The van der Waals surface area contributed by atoms with E-state index in [-0.39, 0.29) is 11.4 Å². The predicted octanol–water partition coefficient (Wildman–Crippen LogP) is 4.80. The monoisotopic (exact) mass is 372 g/mol. The van der Waals surface area contributed by atoms with E-state index in [0.29, 0.717) is 21.7 Å². The number of anilines is 1. The molecule has 0 spiro atoms. The number of amides is 1. The molecule has 1 unspecified atom stereocenters. The highest BCUT2D eigenvalue weighted by Gasteiger charge is 2.34. The van der Waals surface area contributed by atoms with Gasteiger partial charge in [0, 0.05) is 24.8 Å². The molecule has 0 radical (unpaired) electrons. The Bertz CT molecular complexity index is 782. The number of carbonyl (C=O) groups is 1. The number of thioether (sulfide) groups is 1. The van der Waals surface area contributed by atoms with E-state index >= 15 is 0 Å². The molecule has 1 atom stereocenters. The largest absolute Gasteiger partial charge is 0.369 e. The fourth-order valence-electron chi connectivity index (χ4n) is 3.62. The standard InChI is InChI=1S/C20H24N2OS2/c1-6-9-22-18(23)17(25-19(22)24)11-14-7-8-16-15(10-14)13(2)12-20(3,4)21(16)5/h6-8,10-11,13H,1,9,12H2,2-5H3/b17-11-. The van der Waals surface area contributed by atoms with Gasteiger partial charge in [0.2, 0.25) is 0 Å². The summed E-state index contributed by atoms with van der Waals surface area (Å²) in [6.45, 7) is 11.0. The van der Waals surface area contributed by atoms with E-state index in [1.54, 1.807) is 11.0 Å². The molecule has 1 fully saturated rings. The van der Waals surface area contributed by atoms with E-state index in [1.807, 2.05) is 6.08 Å². The van der Waals surface area contributed by atoms with Crippen LogP contribution in [-0.2, 0) is 4.79 Å². The van der Waals surface area contributed by atoms with Crippen molar-refractivity contribution in [2.45, 2.75) is 38.6 Å². The average molecular weight is 373 g/mol. The van der Waals surface area contributed by atoms with Gasteiger partial charge in [-0.3, -0.25) is 9.69 Å². The highest BCUT2D eigenvalue weighted by atomic mass is 32.2. The summed E-state index contributed by atoms with van der Waals surface area (Å²) >= 11 is 6.67. The van der Waals surface area contributed by atoms with Gasteiger partial charge in [-0.1, -0.05) is 43.0 Å². The third kappa shape index (κ3) is 3.27. The average Bonchev–Trinajstić information content (AvgIpc) is 2.80. The Balaban J connectivity index is 1.94. The van der Waals surface area contributed by atoms with Crippen molar-refractivity contribution in [1.82, 2.24) is 4.90 Å². The highest BCUT2D eigenvalue weighted by molar-refractivity contribution is 8.26. The van der Waals surface area contributed by atoms with Gasteiger partial charge in [0.05, 0.1) is 4.91 Å². The van der Waals surface area contributed by atoms with Crippen LogP contribution in [0, 0.1) is 0 Å². The molecule has 0 aliphatic carbocycles. The molecule has 132 valence electrons. The van der Waals surface area contributed by atoms with Gasteiger partial charge in [-0.05, 0) is 55.5 Å². The van der Waals surface area contributed by atoms with Gasteiger partial charge in [-0.25, -0.2) is 0 Å². The van der Waals surface area contributed by atoms with Crippen molar-refractivity contribution < 1.29 is 4.79 Å². The first-order valence-corrected chi connectivity index (χ1v) is 9.71. The molecule has 0 N–H and O–H groups in total. The maximum Gasteiger partial charge on any atom is 0.266 e. The molecule has 2 heterocycles. The van der Waals surface area contributed by atoms with Crippen molar-refractivity contribution >= 4 is 46.0 Å². The van der Waals surface area contributed by atoms with E-state index in [1.165, 1.54) is 23.0 Å². The smallest absolute Gasteiger partial charge is 0.266 e. The van der Waals surface area contributed by atoms with Crippen molar-refractivity contribution in [2.24, 2.45) is 0 Å². The number of benzene rings is 1. The second-order valence-electron chi connectivity index (χ2n) is 7.38. The Morgan fingerprint density at radius 2 is 2.16 bits per heavy atom. The lowest BCUT2D eigenvalue weighted by atomic mass is 9.80. The lowest BCUT2D eigenvalue weighted by Crippen LogP contribution is -2.45. The van der Waals surface area contributed by atoms with Crippen molar-refractivity contribution in [3.8, 4) is 0 Å². The molecule has 2 aliphatic rings. The van der Waals surface area contributed by atoms with Gasteiger partial charge in [0.15, 0.2) is 0 Å². The minimum absolute atomic E-state index is 0.0288. The quantitative estimate of drug-likeness (QED) is 0.432. The highest BCUT2D eigenvalue weighted by Crippen LogP contribution is 2.43. The van der Waals surface area contributed by atoms with Gasteiger partial charge in [0.1, 0.15) is 4.32 Å². The summed E-state index contributed by atoms with van der Waals surface area (Å²) in [5.41, 5.74) is 3.83. The second kappa shape index (κ2) is 6.61. The van der Waals surface area contributed by atoms with Crippen LogP contribution in [0.5, 0.6) is 0 Å². The Labute approximate surface area is 159 Å². The SMILES string of the molecule is C=CCN1C(=O)/C(=C/c2ccc3c(c2)C(C)CC(C)(C)N3C)SC1=S. The van der Waals surface area contributed by atoms with E-state index in [2.05, 4.69) is 57.5 Å². The van der Waals surface area contributed by atoms with Gasteiger partial charge in [-0.2, -0.15) is 0 Å². The van der Waals surface area contributed by atoms with Gasteiger partial charge < -0.3 is 4.90 Å². The Morgan fingerprint density at radius 1 is 1.44 bits per heavy atom. The van der Waals surface area contributed by atoms with Crippen LogP contribution in [0.15, 0.2) is 35.8 Å². The van der Waals surface area contributed by atoms with Crippen LogP contribution in [0.2, 0.25) is 0 Å². The third-order valence-corrected chi connectivity index (χ3v) is 6.52. The summed E-state index contributed by atoms with van der Waals surface area (Å²) in [6.07, 6.45) is 4.77. The van der Waals surface area contributed by atoms with Crippen LogP contribution >= 0.6 is 24.0 Å². The first kappa shape index (κ1) is 18.2. The number of hydrogen-bond acceptors (Lipinski definition) is 4. The molecule has 1 aromatic carbocycles. The molecule has 0 saturated carbocycles. The van der Waals surface area contributed by atoms with Crippen molar-refractivity contribution in [3.05, 3.63) is 46.9 Å². The Hall–Kier alpha value is -1.59. The lowest BCUT2D eigenvalue weighted by molar-refractivity contribution is -0.121. The molecule has 5 heteroatoms. The van der Waals surface area contributed by atoms with Crippen LogP contribution in [0.3, 0.4) is 0 Å². The number of nitrogens with zero attached hydrogens (tertiary/aromatic N) is 2. The normalized spacial score (nSPS) is 24.0. The summed E-state index contributed by atoms with van der Waals surface area (Å²) in [6, 6.07) is 6.47. The molecular weight excluding hydrogens is 348 g/mol. The van der Waals surface area contributed by atoms with Crippen LogP contribution in [0.1, 0.15) is 44.2 Å². The minimum atomic E-state index is -0.0288. The molecule has 1 saturated heterocycles. The van der Waals surface area contributed by atoms with Gasteiger partial charge in [-0.15, -0.1) is 6.58 Å². The van der Waals surface area contributed by atoms with E-state index < -0.39 is 0 Å². The van der Waals surface area contributed by atoms with Crippen LogP contribution in [0.25, 0.3) is 6.08 Å². The number of carbonyl (C=O) groups excluding carboxylic acids is 1. The summed E-state index contributed by atoms with van der Waals surface area (Å²) in [5, 5.41) is 0. The predicted molar refractivity (Wildman–Crippen MR) is 112 cm³/mol. The van der Waals surface area contributed by atoms with Crippen LogP contribution < -0.4 is 4.90 Å². The zero-order valence-electron chi connectivity index (χ0n) is 15.2.